The zero-order chi connectivity index (χ0) is 17.0. The van der Waals surface area contributed by atoms with Crippen molar-refractivity contribution in [2.24, 2.45) is 0 Å². The molecule has 0 aliphatic heterocycles. The van der Waals surface area contributed by atoms with Gasteiger partial charge in [0.2, 0.25) is 0 Å². The smallest absolute Gasteiger partial charge is 0.282 e. The number of nitrogens with one attached hydrogen (secondary N) is 1. The molecular weight excluding hydrogens is 322 g/mol. The van der Waals surface area contributed by atoms with E-state index in [-0.39, 0.29) is 11.9 Å². The molecule has 0 aliphatic carbocycles. The summed E-state index contributed by atoms with van der Waals surface area (Å²) in [7, 11) is 0. The van der Waals surface area contributed by atoms with E-state index < -0.39 is 17.7 Å². The highest BCUT2D eigenvalue weighted by atomic mass is 35.5. The average Bonchev–Trinajstić information content (AvgIpc) is 2.49. The van der Waals surface area contributed by atoms with Gasteiger partial charge in [-0.2, -0.15) is 0 Å². The average molecular weight is 340 g/mol. The van der Waals surface area contributed by atoms with E-state index in [1.54, 1.807) is 43.4 Å². The number of amides is 1. The molecule has 3 N–H and O–H groups in total. The van der Waals surface area contributed by atoms with Gasteiger partial charge in [-0.1, -0.05) is 11.6 Å². The number of hydrogen-bond donors (Lipinski definition) is 2. The summed E-state index contributed by atoms with van der Waals surface area (Å²) in [6, 6.07) is 9.47. The molecule has 0 radical (unpaired) electrons. The molecule has 122 valence electrons. The van der Waals surface area contributed by atoms with E-state index >= 15 is 0 Å². The van der Waals surface area contributed by atoms with Gasteiger partial charge >= 0.3 is 0 Å². The minimum atomic E-state index is -0.619. The number of nitrogens with two attached hydrogens (primary N) is 1. The zero-order valence-corrected chi connectivity index (χ0v) is 13.6. The van der Waals surface area contributed by atoms with Crippen LogP contribution in [0.25, 0.3) is 0 Å². The Hall–Kier alpha value is -1.98. The van der Waals surface area contributed by atoms with E-state index in [4.69, 9.17) is 11.6 Å². The van der Waals surface area contributed by atoms with Gasteiger partial charge < -0.3 is 10.6 Å². The Labute approximate surface area is 138 Å². The van der Waals surface area contributed by atoms with Gasteiger partial charge in [0.05, 0.1) is 0 Å². The van der Waals surface area contributed by atoms with Crippen LogP contribution in [0.4, 0.5) is 14.5 Å². The molecule has 0 bridgehead atoms. The van der Waals surface area contributed by atoms with Crippen LogP contribution in [0.15, 0.2) is 42.5 Å². The molecule has 23 heavy (non-hydrogen) atoms. The molecule has 0 aliphatic rings. The molecule has 0 unspecified atom stereocenters. The number of halogens is 3. The Balaban J connectivity index is 1.98. The molecule has 1 amide bonds. The summed E-state index contributed by atoms with van der Waals surface area (Å²) in [6.07, 6.45) is 0. The summed E-state index contributed by atoms with van der Waals surface area (Å²) in [5.74, 6) is -1.44. The van der Waals surface area contributed by atoms with Crippen molar-refractivity contribution in [2.45, 2.75) is 25.9 Å². The van der Waals surface area contributed by atoms with Crippen molar-refractivity contribution in [3.05, 3.63) is 64.7 Å². The van der Waals surface area contributed by atoms with Gasteiger partial charge in [-0.3, -0.25) is 4.79 Å². The number of anilines is 1. The van der Waals surface area contributed by atoms with Crippen LogP contribution in [0, 0.1) is 11.6 Å². The molecule has 3 nitrogen and oxygen atoms in total. The first-order chi connectivity index (χ1) is 10.9. The fourth-order valence-corrected chi connectivity index (χ4v) is 2.41. The van der Waals surface area contributed by atoms with E-state index in [9.17, 15) is 13.6 Å². The molecule has 0 aromatic heterocycles. The Kier molecular flexibility index (Phi) is 5.69. The molecule has 2 atom stereocenters. The van der Waals surface area contributed by atoms with Crippen molar-refractivity contribution >= 4 is 23.2 Å². The molecule has 2 aromatic carbocycles. The lowest BCUT2D eigenvalue weighted by Gasteiger charge is -2.17. The second-order valence-electron chi connectivity index (χ2n) is 5.43. The SMILES string of the molecule is C[C@H]([NH2+][C@H](C)c1ccc(F)cc1F)C(=O)Nc1ccc(Cl)cc1. The molecule has 2 aromatic rings. The lowest BCUT2D eigenvalue weighted by molar-refractivity contribution is -0.710. The zero-order valence-electron chi connectivity index (χ0n) is 12.8. The number of hydrogen-bond acceptors (Lipinski definition) is 1. The van der Waals surface area contributed by atoms with Crippen molar-refractivity contribution in [3.8, 4) is 0 Å². The predicted molar refractivity (Wildman–Crippen MR) is 86.2 cm³/mol. The van der Waals surface area contributed by atoms with E-state index in [1.165, 1.54) is 12.1 Å². The summed E-state index contributed by atoms with van der Waals surface area (Å²) >= 11 is 5.79. The minimum Gasteiger partial charge on any atom is -0.330 e. The summed E-state index contributed by atoms with van der Waals surface area (Å²) in [5, 5.41) is 5.08. The van der Waals surface area contributed by atoms with Gasteiger partial charge in [0.25, 0.3) is 5.91 Å². The van der Waals surface area contributed by atoms with Crippen LogP contribution >= 0.6 is 11.6 Å². The number of carbonyl (C=O) groups excluding carboxylic acids is 1. The topological polar surface area (TPSA) is 45.7 Å². The van der Waals surface area contributed by atoms with Crippen LogP contribution in [0.5, 0.6) is 0 Å². The molecule has 0 saturated heterocycles. The van der Waals surface area contributed by atoms with Crippen LogP contribution in [0.2, 0.25) is 5.02 Å². The van der Waals surface area contributed by atoms with E-state index in [1.807, 2.05) is 0 Å². The van der Waals surface area contributed by atoms with Crippen LogP contribution in [0.1, 0.15) is 25.5 Å². The van der Waals surface area contributed by atoms with Gasteiger partial charge in [-0.25, -0.2) is 8.78 Å². The number of carbonyl (C=O) groups is 1. The first-order valence-electron chi connectivity index (χ1n) is 7.23. The summed E-state index contributed by atoms with van der Waals surface area (Å²) in [4.78, 5) is 12.2. The largest absolute Gasteiger partial charge is 0.330 e. The maximum Gasteiger partial charge on any atom is 0.282 e. The lowest BCUT2D eigenvalue weighted by atomic mass is 10.1. The summed E-state index contributed by atoms with van der Waals surface area (Å²) < 4.78 is 26.7. The fourth-order valence-electron chi connectivity index (χ4n) is 2.28. The first-order valence-corrected chi connectivity index (χ1v) is 7.61. The maximum atomic E-state index is 13.8. The highest BCUT2D eigenvalue weighted by molar-refractivity contribution is 6.30. The standard InChI is InChI=1S/C17H17ClF2N2O/c1-10(15-8-5-13(19)9-16(15)20)21-11(2)17(23)22-14-6-3-12(18)4-7-14/h3-11,21H,1-2H3,(H,22,23)/p+1/t10-,11+/m1/s1. The third kappa shape index (κ3) is 4.74. The van der Waals surface area contributed by atoms with Crippen LogP contribution in [-0.4, -0.2) is 11.9 Å². The normalized spacial score (nSPS) is 13.4. The Morgan fingerprint density at radius 1 is 1.13 bits per heavy atom. The Bertz CT molecular complexity index is 691. The van der Waals surface area contributed by atoms with Crippen LogP contribution < -0.4 is 10.6 Å². The predicted octanol–water partition coefficient (Wildman–Crippen LogP) is 3.27. The minimum absolute atomic E-state index is 0.207. The number of rotatable bonds is 5. The van der Waals surface area contributed by atoms with Crippen molar-refractivity contribution in [3.63, 3.8) is 0 Å². The van der Waals surface area contributed by atoms with Gasteiger partial charge in [0.15, 0.2) is 6.04 Å². The fraction of sp³-hybridized carbons (Fsp3) is 0.235. The monoisotopic (exact) mass is 339 g/mol. The van der Waals surface area contributed by atoms with E-state index in [0.29, 0.717) is 16.3 Å². The molecule has 0 saturated carbocycles. The Morgan fingerprint density at radius 3 is 2.39 bits per heavy atom. The van der Waals surface area contributed by atoms with Gasteiger partial charge in [0, 0.05) is 22.3 Å². The third-order valence-corrected chi connectivity index (χ3v) is 3.81. The lowest BCUT2D eigenvalue weighted by Crippen LogP contribution is -2.91. The molecule has 2 rings (SSSR count). The molecule has 0 heterocycles. The molecule has 0 fully saturated rings. The van der Waals surface area contributed by atoms with Crippen molar-refractivity contribution in [1.29, 1.82) is 0 Å². The second-order valence-corrected chi connectivity index (χ2v) is 5.87. The van der Waals surface area contributed by atoms with E-state index in [2.05, 4.69) is 5.32 Å². The van der Waals surface area contributed by atoms with E-state index in [0.717, 1.165) is 6.07 Å². The summed E-state index contributed by atoms with van der Waals surface area (Å²) in [5.41, 5.74) is 0.998. The third-order valence-electron chi connectivity index (χ3n) is 3.56. The van der Waals surface area contributed by atoms with Crippen molar-refractivity contribution < 1.29 is 18.9 Å². The quantitative estimate of drug-likeness (QED) is 0.863. The van der Waals surface area contributed by atoms with Crippen LogP contribution in [0.3, 0.4) is 0 Å². The molecule has 0 spiro atoms. The number of benzene rings is 2. The van der Waals surface area contributed by atoms with Crippen molar-refractivity contribution in [1.82, 2.24) is 0 Å². The summed E-state index contributed by atoms with van der Waals surface area (Å²) in [6.45, 7) is 3.49. The van der Waals surface area contributed by atoms with Gasteiger partial charge in [-0.15, -0.1) is 0 Å². The first kappa shape index (κ1) is 17.4. The Morgan fingerprint density at radius 2 is 1.78 bits per heavy atom. The highest BCUT2D eigenvalue weighted by Gasteiger charge is 2.22. The van der Waals surface area contributed by atoms with Crippen molar-refractivity contribution in [2.75, 3.05) is 5.32 Å². The second kappa shape index (κ2) is 7.53. The molecular formula is C17H18ClF2N2O+. The number of quaternary nitrogens is 1. The maximum absolute atomic E-state index is 13.8. The highest BCUT2D eigenvalue weighted by Crippen LogP contribution is 2.15. The van der Waals surface area contributed by atoms with Gasteiger partial charge in [-0.05, 0) is 50.2 Å². The van der Waals surface area contributed by atoms with Gasteiger partial charge in [0.1, 0.15) is 17.7 Å². The molecule has 6 heteroatoms. The van der Waals surface area contributed by atoms with Crippen LogP contribution in [-0.2, 0) is 4.79 Å².